The van der Waals surface area contributed by atoms with E-state index >= 15 is 0 Å². The molecule has 158 valence electrons. The normalized spacial score (nSPS) is 12.4. The Labute approximate surface area is 181 Å². The van der Waals surface area contributed by atoms with Crippen molar-refractivity contribution in [1.29, 1.82) is 0 Å². The van der Waals surface area contributed by atoms with Gasteiger partial charge in [0, 0.05) is 29.6 Å². The summed E-state index contributed by atoms with van der Waals surface area (Å²) in [6, 6.07) is 13.2. The second kappa shape index (κ2) is 9.32. The summed E-state index contributed by atoms with van der Waals surface area (Å²) in [5, 5.41) is 3.34. The molecule has 0 spiro atoms. The summed E-state index contributed by atoms with van der Waals surface area (Å²) in [5.74, 6) is -0.364. The summed E-state index contributed by atoms with van der Waals surface area (Å²) in [5.41, 5.74) is 2.26. The Kier molecular flexibility index (Phi) is 6.79. The van der Waals surface area contributed by atoms with Crippen molar-refractivity contribution < 1.29 is 13.2 Å². The van der Waals surface area contributed by atoms with E-state index in [0.717, 1.165) is 21.8 Å². The van der Waals surface area contributed by atoms with Crippen LogP contribution in [0.15, 0.2) is 67.3 Å². The van der Waals surface area contributed by atoms with Gasteiger partial charge < -0.3 is 9.88 Å². The van der Waals surface area contributed by atoms with Gasteiger partial charge in [-0.05, 0) is 48.4 Å². The number of hydrogen-bond donors (Lipinski definition) is 1. The molecule has 9 heteroatoms. The topological polar surface area (TPSA) is 84.3 Å². The number of nitrogens with one attached hydrogen (secondary N) is 1. The summed E-state index contributed by atoms with van der Waals surface area (Å²) in [6.07, 6.45) is 6.67. The number of hydrogen-bond acceptors (Lipinski definition) is 4. The lowest BCUT2D eigenvalue weighted by Gasteiger charge is -2.30. The first-order chi connectivity index (χ1) is 14.3. The van der Waals surface area contributed by atoms with Gasteiger partial charge in [0.15, 0.2) is 0 Å². The molecule has 0 aliphatic carbocycles. The highest BCUT2D eigenvalue weighted by atomic mass is 35.5. The predicted octanol–water partition coefficient (Wildman–Crippen LogP) is 3.39. The van der Waals surface area contributed by atoms with Crippen LogP contribution in [0.4, 0.5) is 5.69 Å². The van der Waals surface area contributed by atoms with E-state index in [1.807, 2.05) is 35.0 Å². The Balaban J connectivity index is 1.73. The van der Waals surface area contributed by atoms with Crippen molar-refractivity contribution in [2.24, 2.45) is 0 Å². The molecule has 0 aliphatic rings. The smallest absolute Gasteiger partial charge is 0.244 e. The van der Waals surface area contributed by atoms with Crippen molar-refractivity contribution in [3.63, 3.8) is 0 Å². The zero-order valence-corrected chi connectivity index (χ0v) is 18.3. The number of carbonyl (C=O) groups excluding carboxylic acids is 1. The third kappa shape index (κ3) is 5.20. The molecule has 7 nitrogen and oxygen atoms in total. The first-order valence-electron chi connectivity index (χ1n) is 9.39. The van der Waals surface area contributed by atoms with E-state index in [1.165, 1.54) is 0 Å². The van der Waals surface area contributed by atoms with Gasteiger partial charge in [0.05, 0.1) is 18.3 Å². The molecule has 2 aromatic carbocycles. The Bertz CT molecular complexity index is 1080. The van der Waals surface area contributed by atoms with Gasteiger partial charge in [0.1, 0.15) is 6.04 Å². The van der Waals surface area contributed by atoms with Crippen LogP contribution in [0.1, 0.15) is 18.9 Å². The summed E-state index contributed by atoms with van der Waals surface area (Å²) < 4.78 is 27.9. The molecule has 1 atom stereocenters. The molecule has 1 amide bonds. The van der Waals surface area contributed by atoms with Crippen LogP contribution in [0.5, 0.6) is 0 Å². The number of halogens is 1. The average molecular weight is 447 g/mol. The number of benzene rings is 2. The molecular formula is C21H23ClN4O3S. The number of imidazole rings is 1. The van der Waals surface area contributed by atoms with Crippen LogP contribution in [0.2, 0.25) is 5.02 Å². The maximum Gasteiger partial charge on any atom is 0.244 e. The van der Waals surface area contributed by atoms with Gasteiger partial charge in [-0.2, -0.15) is 0 Å². The number of sulfonamides is 1. The minimum Gasteiger partial charge on any atom is -0.350 e. The van der Waals surface area contributed by atoms with Crippen LogP contribution in [0, 0.1) is 0 Å². The van der Waals surface area contributed by atoms with Gasteiger partial charge in [0.25, 0.3) is 0 Å². The first-order valence-corrected chi connectivity index (χ1v) is 11.6. The highest BCUT2D eigenvalue weighted by Gasteiger charge is 2.31. The fraction of sp³-hybridized carbons (Fsp3) is 0.238. The van der Waals surface area contributed by atoms with Gasteiger partial charge in [-0.1, -0.05) is 30.7 Å². The van der Waals surface area contributed by atoms with Crippen LogP contribution in [0.3, 0.4) is 0 Å². The van der Waals surface area contributed by atoms with Crippen LogP contribution in [-0.4, -0.2) is 36.2 Å². The first kappa shape index (κ1) is 21.9. The molecular weight excluding hydrogens is 424 g/mol. The minimum atomic E-state index is -3.68. The number of rotatable bonds is 8. The number of aromatic nitrogens is 2. The molecule has 1 heterocycles. The van der Waals surface area contributed by atoms with E-state index < -0.39 is 16.1 Å². The van der Waals surface area contributed by atoms with Crippen molar-refractivity contribution in [2.75, 3.05) is 10.6 Å². The fourth-order valence-electron chi connectivity index (χ4n) is 3.15. The number of amides is 1. The minimum absolute atomic E-state index is 0.289. The maximum absolute atomic E-state index is 12.9. The van der Waals surface area contributed by atoms with Gasteiger partial charge in [-0.15, -0.1) is 0 Å². The molecule has 3 aromatic rings. The molecule has 0 aliphatic heterocycles. The Morgan fingerprint density at radius 3 is 2.37 bits per heavy atom. The van der Waals surface area contributed by atoms with E-state index in [2.05, 4.69) is 10.3 Å². The quantitative estimate of drug-likeness (QED) is 0.574. The Hall–Kier alpha value is -2.84. The maximum atomic E-state index is 12.9. The molecule has 30 heavy (non-hydrogen) atoms. The zero-order chi connectivity index (χ0) is 21.7. The molecule has 0 saturated heterocycles. The summed E-state index contributed by atoms with van der Waals surface area (Å²) in [7, 11) is -3.68. The standard InChI is InChI=1S/C21H23ClN4O3S/c1-3-20(26(30(2,28)29)19-10-6-17(22)7-11-19)21(27)24-14-16-4-8-18(9-5-16)25-13-12-23-15-25/h4-13,15,20H,3,14H2,1-2H3,(H,24,27)/t20-/m0/s1. The van der Waals surface area contributed by atoms with Crippen LogP contribution >= 0.6 is 11.6 Å². The van der Waals surface area contributed by atoms with Gasteiger partial charge in [-0.3, -0.25) is 9.10 Å². The lowest BCUT2D eigenvalue weighted by atomic mass is 10.1. The predicted molar refractivity (Wildman–Crippen MR) is 118 cm³/mol. The monoisotopic (exact) mass is 446 g/mol. The van der Waals surface area contributed by atoms with Crippen molar-refractivity contribution in [3.8, 4) is 5.69 Å². The third-order valence-electron chi connectivity index (χ3n) is 4.62. The third-order valence-corrected chi connectivity index (χ3v) is 6.05. The van der Waals surface area contributed by atoms with E-state index in [4.69, 9.17) is 11.6 Å². The summed E-state index contributed by atoms with van der Waals surface area (Å²) in [6.45, 7) is 2.07. The molecule has 0 fully saturated rings. The second-order valence-electron chi connectivity index (χ2n) is 6.81. The Morgan fingerprint density at radius 1 is 1.17 bits per heavy atom. The average Bonchev–Trinajstić information content (AvgIpc) is 3.25. The van der Waals surface area contributed by atoms with Crippen LogP contribution < -0.4 is 9.62 Å². The molecule has 3 rings (SSSR count). The number of anilines is 1. The van der Waals surface area contributed by atoms with Crippen LogP contribution in [0.25, 0.3) is 5.69 Å². The molecule has 0 saturated carbocycles. The van der Waals surface area contributed by atoms with Crippen molar-refractivity contribution >= 4 is 33.2 Å². The van der Waals surface area contributed by atoms with Gasteiger partial charge >= 0.3 is 0 Å². The van der Waals surface area contributed by atoms with Gasteiger partial charge in [0.2, 0.25) is 15.9 Å². The van der Waals surface area contributed by atoms with Crippen LogP contribution in [-0.2, 0) is 21.4 Å². The highest BCUT2D eigenvalue weighted by molar-refractivity contribution is 7.92. The van der Waals surface area contributed by atoms with E-state index in [1.54, 1.807) is 43.7 Å². The molecule has 1 aromatic heterocycles. The van der Waals surface area contributed by atoms with Crippen molar-refractivity contribution in [1.82, 2.24) is 14.9 Å². The molecule has 0 unspecified atom stereocenters. The SMILES string of the molecule is CC[C@@H](C(=O)NCc1ccc(-n2ccnc2)cc1)N(c1ccc(Cl)cc1)S(C)(=O)=O. The molecule has 0 bridgehead atoms. The highest BCUT2D eigenvalue weighted by Crippen LogP contribution is 2.24. The summed E-state index contributed by atoms with van der Waals surface area (Å²) in [4.78, 5) is 16.9. The van der Waals surface area contributed by atoms with E-state index in [9.17, 15) is 13.2 Å². The molecule has 0 radical (unpaired) electrons. The Morgan fingerprint density at radius 2 is 1.83 bits per heavy atom. The summed E-state index contributed by atoms with van der Waals surface area (Å²) >= 11 is 5.92. The lowest BCUT2D eigenvalue weighted by Crippen LogP contribution is -2.49. The zero-order valence-electron chi connectivity index (χ0n) is 16.7. The van der Waals surface area contributed by atoms with Crippen molar-refractivity contribution in [3.05, 3.63) is 77.8 Å². The van der Waals surface area contributed by atoms with E-state index in [-0.39, 0.29) is 12.5 Å². The lowest BCUT2D eigenvalue weighted by molar-refractivity contribution is -0.122. The van der Waals surface area contributed by atoms with Crippen molar-refractivity contribution in [2.45, 2.75) is 25.9 Å². The van der Waals surface area contributed by atoms with Gasteiger partial charge in [-0.25, -0.2) is 13.4 Å². The number of nitrogens with zero attached hydrogens (tertiary/aromatic N) is 3. The number of carbonyl (C=O) groups is 1. The van der Waals surface area contributed by atoms with E-state index in [0.29, 0.717) is 17.1 Å². The fourth-order valence-corrected chi connectivity index (χ4v) is 4.49. The largest absolute Gasteiger partial charge is 0.350 e. The molecule has 1 N–H and O–H groups in total. The second-order valence-corrected chi connectivity index (χ2v) is 9.11.